The molecule has 1 aliphatic heterocycles. The topological polar surface area (TPSA) is 50.9 Å². The van der Waals surface area contributed by atoms with Crippen molar-refractivity contribution >= 4 is 17.2 Å². The minimum atomic E-state index is -0.583. The third-order valence-electron chi connectivity index (χ3n) is 4.80. The Kier molecular flexibility index (Phi) is 3.58. The molecule has 3 unspecified atom stereocenters. The molecule has 4 rings (SSSR count). The molecule has 5 heteroatoms. The molecule has 1 aromatic carbocycles. The van der Waals surface area contributed by atoms with E-state index in [0.717, 1.165) is 17.7 Å². The molecule has 2 heterocycles. The summed E-state index contributed by atoms with van der Waals surface area (Å²) in [5, 5.41) is 19.6. The molecular formula is C18H18ClN3O. The zero-order valence-electron chi connectivity index (χ0n) is 12.9. The van der Waals surface area contributed by atoms with E-state index >= 15 is 0 Å². The van der Waals surface area contributed by atoms with E-state index in [1.54, 1.807) is 0 Å². The first-order valence-electron chi connectivity index (χ1n) is 7.90. The normalized spacial score (nSPS) is 23.8. The summed E-state index contributed by atoms with van der Waals surface area (Å²) in [7, 11) is 0. The van der Waals surface area contributed by atoms with Crippen molar-refractivity contribution in [3.8, 4) is 0 Å². The fraction of sp³-hybridized carbons (Fsp3) is 0.333. The fourth-order valence-electron chi connectivity index (χ4n) is 3.71. The van der Waals surface area contributed by atoms with Gasteiger partial charge in [0.1, 0.15) is 0 Å². The summed E-state index contributed by atoms with van der Waals surface area (Å²) < 4.78 is 1.95. The number of aromatic nitrogens is 3. The lowest BCUT2D eigenvalue weighted by atomic mass is 9.83. The van der Waals surface area contributed by atoms with Crippen LogP contribution in [0.2, 0.25) is 5.02 Å². The summed E-state index contributed by atoms with van der Waals surface area (Å²) in [5.74, 6) is 0.452. The van der Waals surface area contributed by atoms with E-state index in [1.165, 1.54) is 11.1 Å². The van der Waals surface area contributed by atoms with E-state index in [4.69, 9.17) is 11.6 Å². The second-order valence-corrected chi connectivity index (χ2v) is 6.73. The van der Waals surface area contributed by atoms with Gasteiger partial charge in [-0.05, 0) is 35.6 Å². The van der Waals surface area contributed by atoms with Crippen LogP contribution in [0.3, 0.4) is 0 Å². The van der Waals surface area contributed by atoms with Crippen molar-refractivity contribution in [2.75, 3.05) is 0 Å². The number of nitrogens with zero attached hydrogens (tertiary/aromatic N) is 3. The first-order chi connectivity index (χ1) is 11.1. The van der Waals surface area contributed by atoms with E-state index in [-0.39, 0.29) is 6.04 Å². The van der Waals surface area contributed by atoms with Crippen LogP contribution in [0.25, 0.3) is 5.57 Å². The molecule has 1 aromatic heterocycles. The van der Waals surface area contributed by atoms with Crippen LogP contribution in [-0.2, 0) is 0 Å². The van der Waals surface area contributed by atoms with Crippen molar-refractivity contribution in [2.24, 2.45) is 5.92 Å². The zero-order valence-corrected chi connectivity index (χ0v) is 13.6. The van der Waals surface area contributed by atoms with E-state index in [9.17, 15) is 5.11 Å². The predicted octanol–water partition coefficient (Wildman–Crippen LogP) is 3.96. The Balaban J connectivity index is 1.68. The number of allylic oxidation sites excluding steroid dienone is 4. The average molecular weight is 328 g/mol. The SMILES string of the molecule is CC1CC=CC2=C1C(CC(O)c1cccc(Cl)c1)n1nncc12. The molecule has 4 nitrogen and oxygen atoms in total. The van der Waals surface area contributed by atoms with Gasteiger partial charge in [0, 0.05) is 17.0 Å². The Labute approximate surface area is 140 Å². The number of aliphatic hydroxyl groups is 1. The highest BCUT2D eigenvalue weighted by molar-refractivity contribution is 6.30. The molecule has 0 saturated carbocycles. The highest BCUT2D eigenvalue weighted by atomic mass is 35.5. The maximum absolute atomic E-state index is 10.7. The summed E-state index contributed by atoms with van der Waals surface area (Å²) >= 11 is 6.05. The summed E-state index contributed by atoms with van der Waals surface area (Å²) in [5.41, 5.74) is 4.47. The fourth-order valence-corrected chi connectivity index (χ4v) is 3.91. The third-order valence-corrected chi connectivity index (χ3v) is 5.04. The number of rotatable bonds is 3. The monoisotopic (exact) mass is 327 g/mol. The van der Waals surface area contributed by atoms with E-state index in [1.807, 2.05) is 35.1 Å². The summed E-state index contributed by atoms with van der Waals surface area (Å²) in [4.78, 5) is 0. The molecule has 0 saturated heterocycles. The standard InChI is InChI=1S/C18H18ClN3O/c1-11-4-2-7-14-16-10-20-21-22(16)15(18(11)14)9-17(23)12-5-3-6-13(19)8-12/h2-3,5-8,10-11,15,17,23H,4,9H2,1H3. The van der Waals surface area contributed by atoms with Crippen LogP contribution in [0, 0.1) is 5.92 Å². The van der Waals surface area contributed by atoms with Crippen LogP contribution in [0.1, 0.15) is 43.2 Å². The van der Waals surface area contributed by atoms with Gasteiger partial charge in [0.2, 0.25) is 0 Å². The van der Waals surface area contributed by atoms with Crippen molar-refractivity contribution < 1.29 is 5.11 Å². The molecule has 1 N–H and O–H groups in total. The minimum absolute atomic E-state index is 0.0523. The van der Waals surface area contributed by atoms with E-state index < -0.39 is 6.10 Å². The number of fused-ring (bicyclic) bond motifs is 2. The highest BCUT2D eigenvalue weighted by Crippen LogP contribution is 2.46. The molecule has 118 valence electrons. The molecule has 23 heavy (non-hydrogen) atoms. The van der Waals surface area contributed by atoms with Crippen LogP contribution in [0.4, 0.5) is 0 Å². The molecule has 2 aliphatic rings. The Morgan fingerprint density at radius 1 is 1.43 bits per heavy atom. The lowest BCUT2D eigenvalue weighted by Crippen LogP contribution is -2.17. The lowest BCUT2D eigenvalue weighted by molar-refractivity contribution is 0.148. The van der Waals surface area contributed by atoms with Gasteiger partial charge in [0.05, 0.1) is 24.0 Å². The van der Waals surface area contributed by atoms with Crippen LogP contribution >= 0.6 is 11.6 Å². The number of halogens is 1. The van der Waals surface area contributed by atoms with Crippen molar-refractivity contribution in [1.29, 1.82) is 0 Å². The maximum atomic E-state index is 10.7. The Hall–Kier alpha value is -1.91. The quantitative estimate of drug-likeness (QED) is 0.928. The number of aliphatic hydroxyl groups excluding tert-OH is 1. The molecule has 3 atom stereocenters. The smallest absolute Gasteiger partial charge is 0.0893 e. The molecule has 0 fully saturated rings. The molecule has 0 amide bonds. The van der Waals surface area contributed by atoms with Gasteiger partial charge in [-0.15, -0.1) is 5.10 Å². The maximum Gasteiger partial charge on any atom is 0.0893 e. The van der Waals surface area contributed by atoms with Crippen molar-refractivity contribution in [3.05, 3.63) is 64.5 Å². The Morgan fingerprint density at radius 2 is 2.30 bits per heavy atom. The van der Waals surface area contributed by atoms with Gasteiger partial charge < -0.3 is 5.11 Å². The van der Waals surface area contributed by atoms with Gasteiger partial charge in [-0.2, -0.15) is 0 Å². The average Bonchev–Trinajstić information content (AvgIpc) is 3.11. The highest BCUT2D eigenvalue weighted by Gasteiger charge is 2.36. The van der Waals surface area contributed by atoms with Crippen LogP contribution in [0.5, 0.6) is 0 Å². The number of hydrogen-bond donors (Lipinski definition) is 1. The molecule has 0 radical (unpaired) electrons. The number of hydrogen-bond acceptors (Lipinski definition) is 3. The molecule has 0 bridgehead atoms. The molecule has 2 aromatic rings. The summed E-state index contributed by atoms with van der Waals surface area (Å²) in [6.07, 6.45) is 7.20. The zero-order chi connectivity index (χ0) is 16.0. The third kappa shape index (κ3) is 2.42. The van der Waals surface area contributed by atoms with Crippen LogP contribution in [-0.4, -0.2) is 20.1 Å². The van der Waals surface area contributed by atoms with Gasteiger partial charge in [0.25, 0.3) is 0 Å². The van der Waals surface area contributed by atoms with Gasteiger partial charge in [0.15, 0.2) is 0 Å². The predicted molar refractivity (Wildman–Crippen MR) is 89.9 cm³/mol. The molecular weight excluding hydrogens is 310 g/mol. The van der Waals surface area contributed by atoms with Gasteiger partial charge in [-0.1, -0.05) is 48.0 Å². The number of benzene rings is 1. The van der Waals surface area contributed by atoms with Crippen LogP contribution in [0.15, 0.2) is 48.2 Å². The summed E-state index contributed by atoms with van der Waals surface area (Å²) in [6, 6.07) is 7.47. The first kappa shape index (κ1) is 14.7. The second-order valence-electron chi connectivity index (χ2n) is 6.29. The molecule has 0 spiro atoms. The van der Waals surface area contributed by atoms with Gasteiger partial charge in [-0.25, -0.2) is 4.68 Å². The van der Waals surface area contributed by atoms with Crippen molar-refractivity contribution in [3.63, 3.8) is 0 Å². The summed E-state index contributed by atoms with van der Waals surface area (Å²) in [6.45, 7) is 2.23. The van der Waals surface area contributed by atoms with Gasteiger partial charge in [-0.3, -0.25) is 0 Å². The Bertz CT molecular complexity index is 808. The second kappa shape index (κ2) is 5.62. The van der Waals surface area contributed by atoms with E-state index in [0.29, 0.717) is 17.4 Å². The Morgan fingerprint density at radius 3 is 3.13 bits per heavy atom. The minimum Gasteiger partial charge on any atom is -0.388 e. The molecule has 1 aliphatic carbocycles. The largest absolute Gasteiger partial charge is 0.388 e. The lowest BCUT2D eigenvalue weighted by Gasteiger charge is -2.25. The van der Waals surface area contributed by atoms with Crippen molar-refractivity contribution in [1.82, 2.24) is 15.0 Å². The van der Waals surface area contributed by atoms with E-state index in [2.05, 4.69) is 29.4 Å². The van der Waals surface area contributed by atoms with Crippen molar-refractivity contribution in [2.45, 2.75) is 31.9 Å². The first-order valence-corrected chi connectivity index (χ1v) is 8.27. The van der Waals surface area contributed by atoms with Gasteiger partial charge >= 0.3 is 0 Å². The van der Waals surface area contributed by atoms with Crippen LogP contribution < -0.4 is 0 Å².